The van der Waals surface area contributed by atoms with Crippen LogP contribution in [0.2, 0.25) is 0 Å². The molecule has 1 aliphatic heterocycles. The number of nitrogens with two attached hydrogens (primary N) is 1. The number of hydrogen-bond acceptors (Lipinski definition) is 5. The molecule has 0 amide bonds. The fraction of sp³-hybridized carbons (Fsp3) is 0.375. The fourth-order valence-corrected chi connectivity index (χ4v) is 2.88. The fourth-order valence-electron chi connectivity index (χ4n) is 2.88. The molecular formula is C16H21N5. The van der Waals surface area contributed by atoms with Crippen LogP contribution in [0.25, 0.3) is 0 Å². The van der Waals surface area contributed by atoms with Crippen molar-refractivity contribution in [3.8, 4) is 0 Å². The Morgan fingerprint density at radius 1 is 1.14 bits per heavy atom. The molecule has 0 radical (unpaired) electrons. The Bertz CT molecular complexity index is 593. The van der Waals surface area contributed by atoms with Gasteiger partial charge < -0.3 is 15.5 Å². The van der Waals surface area contributed by atoms with Crippen LogP contribution < -0.4 is 10.6 Å². The molecule has 110 valence electrons. The third-order valence-corrected chi connectivity index (χ3v) is 3.92. The molecule has 3 rings (SSSR count). The second-order valence-electron chi connectivity index (χ2n) is 5.61. The largest absolute Gasteiger partial charge is 0.368 e. The van der Waals surface area contributed by atoms with Crippen molar-refractivity contribution in [2.45, 2.75) is 13.0 Å². The van der Waals surface area contributed by atoms with Gasteiger partial charge in [0.05, 0.1) is 6.04 Å². The highest BCUT2D eigenvalue weighted by Crippen LogP contribution is 2.29. The molecule has 2 heterocycles. The van der Waals surface area contributed by atoms with Crippen LogP contribution in [0.15, 0.2) is 36.4 Å². The first-order valence-electron chi connectivity index (χ1n) is 7.25. The zero-order valence-electron chi connectivity index (χ0n) is 12.5. The van der Waals surface area contributed by atoms with Crippen LogP contribution in [-0.2, 0) is 0 Å². The van der Waals surface area contributed by atoms with E-state index in [1.165, 1.54) is 5.56 Å². The van der Waals surface area contributed by atoms with Crippen LogP contribution in [0.1, 0.15) is 17.3 Å². The maximum absolute atomic E-state index is 5.82. The van der Waals surface area contributed by atoms with Crippen LogP contribution in [0, 0.1) is 6.92 Å². The smallest absolute Gasteiger partial charge is 0.222 e. The normalized spacial score (nSPS) is 19.7. The minimum atomic E-state index is 0.290. The highest BCUT2D eigenvalue weighted by molar-refractivity contribution is 5.47. The zero-order valence-corrected chi connectivity index (χ0v) is 12.5. The third-order valence-electron chi connectivity index (χ3n) is 3.92. The molecule has 1 aromatic heterocycles. The number of likely N-dealkylation sites (N-methyl/N-ethyl adjacent to an activating group) is 1. The van der Waals surface area contributed by atoms with Gasteiger partial charge in [0.2, 0.25) is 5.95 Å². The number of rotatable bonds is 2. The number of piperazine rings is 1. The molecule has 0 bridgehead atoms. The van der Waals surface area contributed by atoms with Crippen molar-refractivity contribution in [1.82, 2.24) is 14.9 Å². The van der Waals surface area contributed by atoms with E-state index < -0.39 is 0 Å². The van der Waals surface area contributed by atoms with Gasteiger partial charge in [-0.25, -0.2) is 4.98 Å². The SMILES string of the molecule is Cc1cc(N2CCN(C)CC2c2ccccc2)nc(N)n1. The summed E-state index contributed by atoms with van der Waals surface area (Å²) in [6.45, 7) is 4.89. The number of hydrogen-bond donors (Lipinski definition) is 1. The second-order valence-corrected chi connectivity index (χ2v) is 5.61. The van der Waals surface area contributed by atoms with Gasteiger partial charge in [0.25, 0.3) is 0 Å². The zero-order chi connectivity index (χ0) is 14.8. The van der Waals surface area contributed by atoms with Gasteiger partial charge in [0, 0.05) is 31.4 Å². The molecule has 5 nitrogen and oxygen atoms in total. The van der Waals surface area contributed by atoms with Gasteiger partial charge in [0.15, 0.2) is 0 Å². The third kappa shape index (κ3) is 2.97. The van der Waals surface area contributed by atoms with Crippen molar-refractivity contribution in [3.63, 3.8) is 0 Å². The van der Waals surface area contributed by atoms with Gasteiger partial charge in [-0.1, -0.05) is 30.3 Å². The summed E-state index contributed by atoms with van der Waals surface area (Å²) in [7, 11) is 2.16. The molecule has 1 aliphatic rings. The van der Waals surface area contributed by atoms with Crippen LogP contribution in [-0.4, -0.2) is 41.5 Å². The Morgan fingerprint density at radius 3 is 2.62 bits per heavy atom. The second kappa shape index (κ2) is 5.69. The van der Waals surface area contributed by atoms with E-state index in [0.717, 1.165) is 31.1 Å². The van der Waals surface area contributed by atoms with Crippen molar-refractivity contribution < 1.29 is 0 Å². The van der Waals surface area contributed by atoms with E-state index in [0.29, 0.717) is 12.0 Å². The maximum Gasteiger partial charge on any atom is 0.222 e. The molecule has 1 fully saturated rings. The van der Waals surface area contributed by atoms with E-state index >= 15 is 0 Å². The molecule has 5 heteroatoms. The molecule has 1 saturated heterocycles. The van der Waals surface area contributed by atoms with Crippen LogP contribution in [0.3, 0.4) is 0 Å². The Labute approximate surface area is 125 Å². The quantitative estimate of drug-likeness (QED) is 0.911. The lowest BCUT2D eigenvalue weighted by Gasteiger charge is -2.41. The Balaban J connectivity index is 1.98. The summed E-state index contributed by atoms with van der Waals surface area (Å²) in [5, 5.41) is 0. The van der Waals surface area contributed by atoms with Gasteiger partial charge in [0.1, 0.15) is 5.82 Å². The van der Waals surface area contributed by atoms with Crippen molar-refractivity contribution >= 4 is 11.8 Å². The molecule has 0 saturated carbocycles. The minimum absolute atomic E-state index is 0.290. The molecule has 1 atom stereocenters. The molecule has 1 unspecified atom stereocenters. The lowest BCUT2D eigenvalue weighted by molar-refractivity contribution is 0.268. The first-order chi connectivity index (χ1) is 10.1. The van der Waals surface area contributed by atoms with Crippen molar-refractivity contribution in [1.29, 1.82) is 0 Å². The molecule has 2 N–H and O–H groups in total. The van der Waals surface area contributed by atoms with E-state index in [2.05, 4.69) is 51.1 Å². The Hall–Kier alpha value is -2.14. The maximum atomic E-state index is 5.82. The number of aromatic nitrogens is 2. The highest BCUT2D eigenvalue weighted by Gasteiger charge is 2.27. The van der Waals surface area contributed by atoms with Gasteiger partial charge in [-0.2, -0.15) is 4.98 Å². The lowest BCUT2D eigenvalue weighted by Crippen LogP contribution is -2.47. The molecular weight excluding hydrogens is 262 g/mol. The number of nitrogens with zero attached hydrogens (tertiary/aromatic N) is 4. The van der Waals surface area contributed by atoms with E-state index in [4.69, 9.17) is 5.73 Å². The Morgan fingerprint density at radius 2 is 1.90 bits per heavy atom. The monoisotopic (exact) mass is 283 g/mol. The average molecular weight is 283 g/mol. The summed E-state index contributed by atoms with van der Waals surface area (Å²) in [5.41, 5.74) is 8.03. The van der Waals surface area contributed by atoms with Crippen LogP contribution in [0.5, 0.6) is 0 Å². The van der Waals surface area contributed by atoms with Crippen molar-refractivity contribution in [2.24, 2.45) is 0 Å². The van der Waals surface area contributed by atoms with E-state index in [-0.39, 0.29) is 0 Å². The summed E-state index contributed by atoms with van der Waals surface area (Å²) < 4.78 is 0. The summed E-state index contributed by atoms with van der Waals surface area (Å²) in [6.07, 6.45) is 0. The summed E-state index contributed by atoms with van der Waals surface area (Å²) in [5.74, 6) is 1.26. The van der Waals surface area contributed by atoms with E-state index in [9.17, 15) is 0 Å². The van der Waals surface area contributed by atoms with Gasteiger partial charge in [-0.15, -0.1) is 0 Å². The minimum Gasteiger partial charge on any atom is -0.368 e. The summed E-state index contributed by atoms with van der Waals surface area (Å²) in [6, 6.07) is 12.9. The van der Waals surface area contributed by atoms with Crippen LogP contribution >= 0.6 is 0 Å². The summed E-state index contributed by atoms with van der Waals surface area (Å²) >= 11 is 0. The topological polar surface area (TPSA) is 58.3 Å². The van der Waals surface area contributed by atoms with E-state index in [1.54, 1.807) is 0 Å². The first kappa shape index (κ1) is 13.8. The standard InChI is InChI=1S/C16H21N5/c1-12-10-15(19-16(17)18-12)21-9-8-20(2)11-14(21)13-6-4-3-5-7-13/h3-7,10,14H,8-9,11H2,1-2H3,(H2,17,18,19). The molecule has 0 aliphatic carbocycles. The van der Waals surface area contributed by atoms with Gasteiger partial charge >= 0.3 is 0 Å². The Kier molecular flexibility index (Phi) is 3.75. The van der Waals surface area contributed by atoms with Crippen LogP contribution in [0.4, 0.5) is 11.8 Å². The molecule has 2 aromatic rings. The first-order valence-corrected chi connectivity index (χ1v) is 7.25. The molecule has 1 aromatic carbocycles. The predicted octanol–water partition coefficient (Wildman–Crippen LogP) is 1.86. The number of benzene rings is 1. The van der Waals surface area contributed by atoms with Crippen molar-refractivity contribution in [3.05, 3.63) is 47.7 Å². The summed E-state index contributed by atoms with van der Waals surface area (Å²) in [4.78, 5) is 13.3. The van der Waals surface area contributed by atoms with E-state index in [1.807, 2.05) is 19.1 Å². The number of anilines is 2. The predicted molar refractivity (Wildman–Crippen MR) is 85.2 cm³/mol. The van der Waals surface area contributed by atoms with Crippen molar-refractivity contribution in [2.75, 3.05) is 37.3 Å². The highest BCUT2D eigenvalue weighted by atomic mass is 15.3. The molecule has 21 heavy (non-hydrogen) atoms. The number of aryl methyl sites for hydroxylation is 1. The van der Waals surface area contributed by atoms with Gasteiger partial charge in [-0.3, -0.25) is 0 Å². The van der Waals surface area contributed by atoms with Gasteiger partial charge in [-0.05, 0) is 19.5 Å². The number of nitrogen functional groups attached to an aromatic ring is 1. The molecule has 0 spiro atoms. The lowest BCUT2D eigenvalue weighted by atomic mass is 10.0. The average Bonchev–Trinajstić information content (AvgIpc) is 2.47.